The minimum Gasteiger partial charge on any atom is -0.318 e. The zero-order valence-electron chi connectivity index (χ0n) is 10.4. The number of benzene rings is 1. The Kier molecular flexibility index (Phi) is 3.10. The maximum absolute atomic E-state index is 6.31. The third kappa shape index (κ3) is 2.16. The molecule has 3 rings (SSSR count). The molecule has 96 valence electrons. The zero-order valence-corrected chi connectivity index (χ0v) is 11.2. The van der Waals surface area contributed by atoms with Crippen molar-refractivity contribution in [3.63, 3.8) is 0 Å². The molecule has 3 aromatic rings. The molecule has 6 heteroatoms. The van der Waals surface area contributed by atoms with E-state index < -0.39 is 0 Å². The Hall–Kier alpha value is -2.05. The molecule has 2 N–H and O–H groups in total. The van der Waals surface area contributed by atoms with Crippen molar-refractivity contribution in [1.82, 2.24) is 19.4 Å². The lowest BCUT2D eigenvalue weighted by atomic mass is 10.1. The van der Waals surface area contributed by atoms with Crippen molar-refractivity contribution >= 4 is 11.5 Å². The molecule has 0 fully saturated rings. The third-order valence-electron chi connectivity index (χ3n) is 2.96. The summed E-state index contributed by atoms with van der Waals surface area (Å²) in [6.07, 6.45) is 1.76. The van der Waals surface area contributed by atoms with Gasteiger partial charge in [-0.1, -0.05) is 22.7 Å². The van der Waals surface area contributed by atoms with Crippen LogP contribution in [0.3, 0.4) is 0 Å². The molecule has 0 spiro atoms. The average Bonchev–Trinajstić information content (AvgIpc) is 3.07. The van der Waals surface area contributed by atoms with E-state index in [1.54, 1.807) is 6.20 Å². The van der Waals surface area contributed by atoms with E-state index in [1.807, 2.05) is 48.0 Å². The molecule has 1 unspecified atom stereocenters. The van der Waals surface area contributed by atoms with Gasteiger partial charge in [0.2, 0.25) is 0 Å². The molecule has 0 aliphatic heterocycles. The van der Waals surface area contributed by atoms with E-state index in [4.69, 9.17) is 5.73 Å². The summed E-state index contributed by atoms with van der Waals surface area (Å²) in [4.78, 5) is 0.970. The molecule has 2 aromatic heterocycles. The highest BCUT2D eigenvalue weighted by Gasteiger charge is 2.19. The summed E-state index contributed by atoms with van der Waals surface area (Å²) >= 11 is 1.33. The SMILES string of the molecule is Cc1nnsc1C(N)c1ccnn1-c1ccccc1. The molecule has 1 atom stereocenters. The number of para-hydroxylation sites is 1. The minimum atomic E-state index is -0.261. The Morgan fingerprint density at radius 3 is 2.68 bits per heavy atom. The van der Waals surface area contributed by atoms with E-state index in [0.717, 1.165) is 22.0 Å². The van der Waals surface area contributed by atoms with Crippen molar-refractivity contribution < 1.29 is 0 Å². The summed E-state index contributed by atoms with van der Waals surface area (Å²) in [5.74, 6) is 0. The quantitative estimate of drug-likeness (QED) is 0.791. The van der Waals surface area contributed by atoms with E-state index in [9.17, 15) is 0 Å². The van der Waals surface area contributed by atoms with Gasteiger partial charge in [0, 0.05) is 6.20 Å². The van der Waals surface area contributed by atoms with Crippen LogP contribution in [0.15, 0.2) is 42.6 Å². The van der Waals surface area contributed by atoms with E-state index in [-0.39, 0.29) is 6.04 Å². The number of aryl methyl sites for hydroxylation is 1. The fourth-order valence-electron chi connectivity index (χ4n) is 1.99. The van der Waals surface area contributed by atoms with E-state index in [0.29, 0.717) is 0 Å². The Labute approximate surface area is 114 Å². The molecule has 0 saturated carbocycles. The van der Waals surface area contributed by atoms with Crippen molar-refractivity contribution in [2.24, 2.45) is 5.73 Å². The van der Waals surface area contributed by atoms with Crippen LogP contribution in [-0.4, -0.2) is 19.4 Å². The number of hydrogen-bond donors (Lipinski definition) is 1. The van der Waals surface area contributed by atoms with Crippen molar-refractivity contribution in [2.75, 3.05) is 0 Å². The van der Waals surface area contributed by atoms with Gasteiger partial charge >= 0.3 is 0 Å². The van der Waals surface area contributed by atoms with Gasteiger partial charge in [0.15, 0.2) is 0 Å². The van der Waals surface area contributed by atoms with Crippen LogP contribution in [0.1, 0.15) is 22.3 Å². The molecule has 0 amide bonds. The number of aromatic nitrogens is 4. The lowest BCUT2D eigenvalue weighted by Crippen LogP contribution is -2.16. The normalized spacial score (nSPS) is 12.5. The van der Waals surface area contributed by atoms with Gasteiger partial charge < -0.3 is 5.73 Å². The third-order valence-corrected chi connectivity index (χ3v) is 3.87. The number of nitrogens with two attached hydrogens (primary N) is 1. The van der Waals surface area contributed by atoms with Gasteiger partial charge in [-0.05, 0) is 36.7 Å². The largest absolute Gasteiger partial charge is 0.318 e. The van der Waals surface area contributed by atoms with Gasteiger partial charge in [-0.3, -0.25) is 0 Å². The first-order chi connectivity index (χ1) is 9.27. The van der Waals surface area contributed by atoms with Crippen LogP contribution in [0.25, 0.3) is 5.69 Å². The summed E-state index contributed by atoms with van der Waals surface area (Å²) in [7, 11) is 0. The fraction of sp³-hybridized carbons (Fsp3) is 0.154. The topological polar surface area (TPSA) is 69.6 Å². The smallest absolute Gasteiger partial charge is 0.0856 e. The molecular weight excluding hydrogens is 258 g/mol. The highest BCUT2D eigenvalue weighted by atomic mass is 32.1. The first-order valence-electron chi connectivity index (χ1n) is 5.91. The molecule has 0 aliphatic carbocycles. The van der Waals surface area contributed by atoms with Crippen LogP contribution in [0.5, 0.6) is 0 Å². The van der Waals surface area contributed by atoms with E-state index in [2.05, 4.69) is 14.7 Å². The Bertz CT molecular complexity index is 673. The molecule has 0 bridgehead atoms. The molecule has 19 heavy (non-hydrogen) atoms. The molecule has 2 heterocycles. The average molecular weight is 271 g/mol. The molecule has 0 saturated heterocycles. The van der Waals surface area contributed by atoms with Crippen LogP contribution >= 0.6 is 11.5 Å². The van der Waals surface area contributed by atoms with Crippen LogP contribution in [-0.2, 0) is 0 Å². The monoisotopic (exact) mass is 271 g/mol. The van der Waals surface area contributed by atoms with E-state index in [1.165, 1.54) is 11.5 Å². The maximum atomic E-state index is 6.31. The summed E-state index contributed by atoms with van der Waals surface area (Å²) in [5.41, 5.74) is 9.11. The van der Waals surface area contributed by atoms with Crippen molar-refractivity contribution in [3.05, 3.63) is 58.9 Å². The predicted molar refractivity (Wildman–Crippen MR) is 74.2 cm³/mol. The standard InChI is InChI=1S/C13H13N5S/c1-9-13(19-17-16-9)12(14)11-7-8-15-18(11)10-5-3-2-4-6-10/h2-8,12H,14H2,1H3. The highest BCUT2D eigenvalue weighted by molar-refractivity contribution is 7.05. The first-order valence-corrected chi connectivity index (χ1v) is 6.68. The molecule has 0 aliphatic rings. The Balaban J connectivity index is 2.04. The minimum absolute atomic E-state index is 0.261. The van der Waals surface area contributed by atoms with Crippen molar-refractivity contribution in [2.45, 2.75) is 13.0 Å². The lowest BCUT2D eigenvalue weighted by Gasteiger charge is -2.13. The number of hydrogen-bond acceptors (Lipinski definition) is 5. The fourth-order valence-corrected chi connectivity index (χ4v) is 2.65. The van der Waals surface area contributed by atoms with Crippen LogP contribution < -0.4 is 5.73 Å². The molecule has 1 aromatic carbocycles. The number of rotatable bonds is 3. The van der Waals surface area contributed by atoms with Crippen molar-refractivity contribution in [3.8, 4) is 5.69 Å². The second kappa shape index (κ2) is 4.91. The Morgan fingerprint density at radius 2 is 2.00 bits per heavy atom. The first kappa shape index (κ1) is 12.0. The van der Waals surface area contributed by atoms with Crippen molar-refractivity contribution in [1.29, 1.82) is 0 Å². The van der Waals surface area contributed by atoms with Gasteiger partial charge in [-0.15, -0.1) is 5.10 Å². The zero-order chi connectivity index (χ0) is 13.2. The predicted octanol–water partition coefficient (Wildman–Crippen LogP) is 2.08. The van der Waals surface area contributed by atoms with Crippen LogP contribution in [0, 0.1) is 6.92 Å². The summed E-state index contributed by atoms with van der Waals surface area (Å²) in [5, 5.41) is 8.36. The summed E-state index contributed by atoms with van der Waals surface area (Å²) in [6, 6.07) is 11.6. The number of nitrogens with zero attached hydrogens (tertiary/aromatic N) is 4. The molecule has 5 nitrogen and oxygen atoms in total. The van der Waals surface area contributed by atoms with Gasteiger partial charge in [0.25, 0.3) is 0 Å². The van der Waals surface area contributed by atoms with Gasteiger partial charge in [-0.25, -0.2) is 4.68 Å². The highest BCUT2D eigenvalue weighted by Crippen LogP contribution is 2.25. The molecule has 0 radical (unpaired) electrons. The van der Waals surface area contributed by atoms with Gasteiger partial charge in [-0.2, -0.15) is 5.10 Å². The summed E-state index contributed by atoms with van der Waals surface area (Å²) < 4.78 is 5.79. The lowest BCUT2D eigenvalue weighted by molar-refractivity contribution is 0.743. The van der Waals surface area contributed by atoms with Gasteiger partial charge in [0.1, 0.15) is 0 Å². The van der Waals surface area contributed by atoms with Crippen LogP contribution in [0.4, 0.5) is 0 Å². The maximum Gasteiger partial charge on any atom is 0.0856 e. The second-order valence-corrected chi connectivity index (χ2v) is 4.99. The van der Waals surface area contributed by atoms with E-state index >= 15 is 0 Å². The Morgan fingerprint density at radius 1 is 1.21 bits per heavy atom. The molecular formula is C13H13N5S. The summed E-state index contributed by atoms with van der Waals surface area (Å²) in [6.45, 7) is 1.92. The van der Waals surface area contributed by atoms with Crippen LogP contribution in [0.2, 0.25) is 0 Å². The second-order valence-electron chi connectivity index (χ2n) is 4.20. The van der Waals surface area contributed by atoms with Gasteiger partial charge in [0.05, 0.1) is 28.0 Å².